The van der Waals surface area contributed by atoms with Crippen molar-refractivity contribution in [2.24, 2.45) is 0 Å². The van der Waals surface area contributed by atoms with E-state index in [9.17, 15) is 8.42 Å². The molecule has 2 aromatic heterocycles. The van der Waals surface area contributed by atoms with Crippen LogP contribution in [0.25, 0.3) is 11.0 Å². The maximum Gasteiger partial charge on any atom is 0.240 e. The van der Waals surface area contributed by atoms with E-state index in [1.807, 2.05) is 0 Å². The molecule has 0 aliphatic rings. The highest BCUT2D eigenvalue weighted by molar-refractivity contribution is 9.13. The zero-order valence-corrected chi connectivity index (χ0v) is 15.8. The smallest absolute Gasteiger partial charge is 0.240 e. The first-order valence-electron chi connectivity index (χ1n) is 6.40. The summed E-state index contributed by atoms with van der Waals surface area (Å²) in [5, 5.41) is 3.89. The van der Waals surface area contributed by atoms with Gasteiger partial charge < -0.3 is 10.3 Å². The Hall–Kier alpha value is -1.49. The molecule has 3 rings (SSSR count). The van der Waals surface area contributed by atoms with Gasteiger partial charge in [0.2, 0.25) is 10.0 Å². The summed E-state index contributed by atoms with van der Waals surface area (Å²) in [7, 11) is -2.13. The number of nitrogens with zero attached hydrogens (tertiary/aromatic N) is 2. The number of fused-ring (bicyclic) bond motifs is 1. The van der Waals surface area contributed by atoms with Crippen LogP contribution in [0.2, 0.25) is 0 Å². The fourth-order valence-corrected chi connectivity index (χ4v) is 3.68. The standard InChI is InChI=1S/C13H11Br2N5O2S/c1-16-23(21,22)8-4-2-3-7(5-8)19-12-9-10(14)11(15)20-13(9)18-6-17-12/h2-6,16H,1H3,(H2,17,18,19,20). The van der Waals surface area contributed by atoms with Gasteiger partial charge in [0, 0.05) is 5.69 Å². The van der Waals surface area contributed by atoms with Crippen LogP contribution in [0.3, 0.4) is 0 Å². The molecule has 0 unspecified atom stereocenters. The summed E-state index contributed by atoms with van der Waals surface area (Å²) >= 11 is 6.86. The minimum absolute atomic E-state index is 0.171. The van der Waals surface area contributed by atoms with Crippen LogP contribution in [-0.2, 0) is 10.0 Å². The van der Waals surface area contributed by atoms with Gasteiger partial charge in [-0.15, -0.1) is 0 Å². The Kier molecular flexibility index (Phi) is 4.41. The summed E-state index contributed by atoms with van der Waals surface area (Å²) < 4.78 is 27.6. The average molecular weight is 461 g/mol. The molecule has 7 nitrogen and oxygen atoms in total. The number of hydrogen-bond acceptors (Lipinski definition) is 5. The summed E-state index contributed by atoms with van der Waals surface area (Å²) in [6.45, 7) is 0. The Balaban J connectivity index is 2.05. The first-order chi connectivity index (χ1) is 10.9. The van der Waals surface area contributed by atoms with Crippen LogP contribution in [0.15, 0.2) is 44.6 Å². The van der Waals surface area contributed by atoms with Gasteiger partial charge in [0.1, 0.15) is 17.8 Å². The molecular formula is C13H11Br2N5O2S. The molecule has 0 saturated heterocycles. The number of halogens is 2. The van der Waals surface area contributed by atoms with Gasteiger partial charge in [-0.2, -0.15) is 0 Å². The van der Waals surface area contributed by atoms with Gasteiger partial charge in [0.15, 0.2) is 0 Å². The molecule has 1 aromatic carbocycles. The van der Waals surface area contributed by atoms with E-state index in [0.29, 0.717) is 17.2 Å². The van der Waals surface area contributed by atoms with Crippen molar-refractivity contribution in [3.8, 4) is 0 Å². The maximum atomic E-state index is 11.9. The molecule has 0 atom stereocenters. The van der Waals surface area contributed by atoms with Crippen molar-refractivity contribution in [1.82, 2.24) is 19.7 Å². The molecule has 120 valence electrons. The monoisotopic (exact) mass is 459 g/mol. The Morgan fingerprint density at radius 1 is 1.22 bits per heavy atom. The van der Waals surface area contributed by atoms with Crippen LogP contribution in [0.5, 0.6) is 0 Å². The van der Waals surface area contributed by atoms with Crippen LogP contribution in [0.1, 0.15) is 0 Å². The van der Waals surface area contributed by atoms with E-state index in [0.717, 1.165) is 14.5 Å². The Morgan fingerprint density at radius 3 is 2.74 bits per heavy atom. The third kappa shape index (κ3) is 3.11. The highest BCUT2D eigenvalue weighted by Gasteiger charge is 2.15. The fraction of sp³-hybridized carbons (Fsp3) is 0.0769. The van der Waals surface area contributed by atoms with Crippen molar-refractivity contribution in [3.05, 3.63) is 39.7 Å². The molecule has 3 N–H and O–H groups in total. The van der Waals surface area contributed by atoms with Crippen molar-refractivity contribution >= 4 is 64.4 Å². The van der Waals surface area contributed by atoms with Crippen LogP contribution in [-0.4, -0.2) is 30.4 Å². The number of nitrogens with one attached hydrogen (secondary N) is 3. The molecular weight excluding hydrogens is 450 g/mol. The molecule has 0 spiro atoms. The SMILES string of the molecule is CNS(=O)(=O)c1cccc(Nc2ncnc3[nH]c(Br)c(Br)c23)c1. The molecule has 0 saturated carbocycles. The molecule has 10 heteroatoms. The molecule has 23 heavy (non-hydrogen) atoms. The number of aromatic nitrogens is 3. The van der Waals surface area contributed by atoms with E-state index in [-0.39, 0.29) is 4.90 Å². The lowest BCUT2D eigenvalue weighted by Crippen LogP contribution is -2.18. The first-order valence-corrected chi connectivity index (χ1v) is 9.47. The molecule has 0 fully saturated rings. The molecule has 0 radical (unpaired) electrons. The van der Waals surface area contributed by atoms with Crippen LogP contribution in [0.4, 0.5) is 11.5 Å². The van der Waals surface area contributed by atoms with Crippen molar-refractivity contribution in [2.45, 2.75) is 4.90 Å². The van der Waals surface area contributed by atoms with Crippen LogP contribution >= 0.6 is 31.9 Å². The van der Waals surface area contributed by atoms with Crippen LogP contribution in [0, 0.1) is 0 Å². The van der Waals surface area contributed by atoms with Crippen LogP contribution < -0.4 is 10.0 Å². The highest BCUT2D eigenvalue weighted by atomic mass is 79.9. The summed E-state index contributed by atoms with van der Waals surface area (Å²) in [5.41, 5.74) is 1.26. The number of sulfonamides is 1. The van der Waals surface area contributed by atoms with Crippen molar-refractivity contribution in [2.75, 3.05) is 12.4 Å². The second-order valence-corrected chi connectivity index (χ2v) is 8.03. The summed E-state index contributed by atoms with van der Waals surface area (Å²) in [6.07, 6.45) is 1.42. The zero-order chi connectivity index (χ0) is 16.6. The predicted molar refractivity (Wildman–Crippen MR) is 95.3 cm³/mol. The third-order valence-corrected chi connectivity index (χ3v) is 6.50. The highest BCUT2D eigenvalue weighted by Crippen LogP contribution is 2.35. The summed E-state index contributed by atoms with van der Waals surface area (Å²) in [5.74, 6) is 0.558. The van der Waals surface area contributed by atoms with Gasteiger partial charge >= 0.3 is 0 Å². The van der Waals surface area contributed by atoms with Crippen molar-refractivity contribution in [3.63, 3.8) is 0 Å². The van der Waals surface area contributed by atoms with Gasteiger partial charge in [-0.3, -0.25) is 0 Å². The number of benzene rings is 1. The average Bonchev–Trinajstić information content (AvgIpc) is 2.83. The number of hydrogen-bond donors (Lipinski definition) is 3. The number of rotatable bonds is 4. The summed E-state index contributed by atoms with van der Waals surface area (Å²) in [6, 6.07) is 6.48. The van der Waals surface area contributed by atoms with Gasteiger partial charge in [0.05, 0.1) is 19.4 Å². The summed E-state index contributed by atoms with van der Waals surface area (Å²) in [4.78, 5) is 11.6. The molecule has 2 heterocycles. The minimum Gasteiger partial charge on any atom is -0.339 e. The molecule has 0 amide bonds. The lowest BCUT2D eigenvalue weighted by Gasteiger charge is -2.09. The van der Waals surface area contributed by atoms with E-state index >= 15 is 0 Å². The lowest BCUT2D eigenvalue weighted by atomic mass is 10.3. The van der Waals surface area contributed by atoms with E-state index in [4.69, 9.17) is 0 Å². The lowest BCUT2D eigenvalue weighted by molar-refractivity contribution is 0.588. The third-order valence-electron chi connectivity index (χ3n) is 3.16. The largest absolute Gasteiger partial charge is 0.339 e. The molecule has 3 aromatic rings. The molecule has 0 aliphatic heterocycles. The fourth-order valence-electron chi connectivity index (χ4n) is 2.05. The zero-order valence-electron chi connectivity index (χ0n) is 11.8. The second-order valence-electron chi connectivity index (χ2n) is 4.56. The van der Waals surface area contributed by atoms with E-state index < -0.39 is 10.0 Å². The molecule has 0 aliphatic carbocycles. The van der Waals surface area contributed by atoms with Crippen molar-refractivity contribution < 1.29 is 8.42 Å². The normalized spacial score (nSPS) is 11.8. The maximum absolute atomic E-state index is 11.9. The van der Waals surface area contributed by atoms with E-state index in [1.165, 1.54) is 25.5 Å². The van der Waals surface area contributed by atoms with Crippen molar-refractivity contribution in [1.29, 1.82) is 0 Å². The van der Waals surface area contributed by atoms with Gasteiger partial charge in [-0.1, -0.05) is 6.07 Å². The van der Waals surface area contributed by atoms with Gasteiger partial charge in [-0.25, -0.2) is 23.1 Å². The minimum atomic E-state index is -3.51. The van der Waals surface area contributed by atoms with E-state index in [2.05, 4.69) is 56.9 Å². The van der Waals surface area contributed by atoms with Gasteiger partial charge in [-0.05, 0) is 57.1 Å². The predicted octanol–water partition coefficient (Wildman–Crippen LogP) is 3.13. The Labute approximate surface area is 149 Å². The molecule has 0 bridgehead atoms. The topological polar surface area (TPSA) is 99.8 Å². The second kappa shape index (κ2) is 6.19. The Bertz CT molecular complexity index is 987. The van der Waals surface area contributed by atoms with E-state index in [1.54, 1.807) is 12.1 Å². The number of H-pyrrole nitrogens is 1. The van der Waals surface area contributed by atoms with Gasteiger partial charge in [0.25, 0.3) is 0 Å². The Morgan fingerprint density at radius 2 is 2.00 bits per heavy atom. The number of aromatic amines is 1. The first kappa shape index (κ1) is 16.4. The quantitative estimate of drug-likeness (QED) is 0.555. The number of anilines is 2.